The number of benzene rings is 1. The highest BCUT2D eigenvalue weighted by Crippen LogP contribution is 2.36. The van der Waals surface area contributed by atoms with Crippen molar-refractivity contribution in [3.8, 4) is 16.9 Å². The van der Waals surface area contributed by atoms with Crippen LogP contribution >= 0.6 is 0 Å². The van der Waals surface area contributed by atoms with Crippen molar-refractivity contribution in [3.63, 3.8) is 0 Å². The van der Waals surface area contributed by atoms with Crippen LogP contribution in [0.15, 0.2) is 55.0 Å². The molecule has 7 heteroatoms. The zero-order chi connectivity index (χ0) is 19.4. The van der Waals surface area contributed by atoms with Crippen LogP contribution in [0, 0.1) is 6.92 Å². The number of carbonyl (C=O) groups is 2. The first-order valence-corrected chi connectivity index (χ1v) is 8.78. The number of hydrogen-bond donors (Lipinski definition) is 0. The summed E-state index contributed by atoms with van der Waals surface area (Å²) in [6, 6.07) is 11.5. The molecule has 136 valence electrons. The molecule has 1 aliphatic heterocycles. The van der Waals surface area contributed by atoms with Gasteiger partial charge >= 0.3 is 0 Å². The Bertz CT molecular complexity index is 1280. The Kier molecular flexibility index (Phi) is 3.39. The number of rotatable bonds is 2. The third kappa shape index (κ3) is 2.19. The van der Waals surface area contributed by atoms with Crippen LogP contribution in [0.3, 0.4) is 0 Å². The Morgan fingerprint density at radius 1 is 1.00 bits per heavy atom. The smallest absolute Gasteiger partial charge is 0.262 e. The molecule has 0 bridgehead atoms. The summed E-state index contributed by atoms with van der Waals surface area (Å²) in [6.07, 6.45) is 4.80. The van der Waals surface area contributed by atoms with Gasteiger partial charge in [0.15, 0.2) is 5.65 Å². The Morgan fingerprint density at radius 2 is 1.79 bits per heavy atom. The number of carbonyl (C=O) groups excluding carboxylic acids is 2. The number of hydrogen-bond acceptors (Lipinski definition) is 5. The van der Waals surface area contributed by atoms with Crippen molar-refractivity contribution >= 4 is 22.8 Å². The lowest BCUT2D eigenvalue weighted by Gasteiger charge is -2.04. The van der Waals surface area contributed by atoms with E-state index in [4.69, 9.17) is 5.10 Å². The van der Waals surface area contributed by atoms with E-state index in [9.17, 15) is 9.59 Å². The molecule has 0 unspecified atom stereocenters. The molecule has 28 heavy (non-hydrogen) atoms. The Hall–Kier alpha value is -3.87. The molecule has 0 radical (unpaired) electrons. The van der Waals surface area contributed by atoms with Crippen molar-refractivity contribution < 1.29 is 9.59 Å². The maximum atomic E-state index is 12.8. The topological polar surface area (TPSA) is 81.0 Å². The monoisotopic (exact) mass is 369 g/mol. The van der Waals surface area contributed by atoms with Gasteiger partial charge in [-0.3, -0.25) is 19.5 Å². The molecule has 0 atom stereocenters. The molecular weight excluding hydrogens is 354 g/mol. The first-order valence-electron chi connectivity index (χ1n) is 8.78. The lowest BCUT2D eigenvalue weighted by molar-refractivity contribution is 0.0693. The van der Waals surface area contributed by atoms with Crippen LogP contribution in [0.2, 0.25) is 0 Å². The standard InChI is InChI=1S/C21H15N5O2/c1-12-4-3-5-14(10-12)26-19-17(18(24-26)13-6-8-22-9-7-13)16-15(11-23-19)20(27)25(2)21(16)28/h3-11H,1-2H3. The fourth-order valence-electron chi connectivity index (χ4n) is 3.56. The van der Waals surface area contributed by atoms with E-state index in [1.54, 1.807) is 17.1 Å². The summed E-state index contributed by atoms with van der Waals surface area (Å²) in [5.41, 5.74) is 4.51. The van der Waals surface area contributed by atoms with Crippen LogP contribution in [0.25, 0.3) is 28.0 Å². The van der Waals surface area contributed by atoms with E-state index in [1.807, 2.05) is 43.3 Å². The lowest BCUT2D eigenvalue weighted by atomic mass is 10.0. The first kappa shape index (κ1) is 16.3. The summed E-state index contributed by atoms with van der Waals surface area (Å²) >= 11 is 0. The second-order valence-electron chi connectivity index (χ2n) is 6.75. The number of imide groups is 1. The van der Waals surface area contributed by atoms with Gasteiger partial charge < -0.3 is 0 Å². The molecule has 3 aromatic heterocycles. The molecule has 1 aliphatic rings. The van der Waals surface area contributed by atoms with Gasteiger partial charge in [0.1, 0.15) is 5.69 Å². The van der Waals surface area contributed by atoms with E-state index in [0.29, 0.717) is 27.9 Å². The molecule has 0 fully saturated rings. The fourth-order valence-corrected chi connectivity index (χ4v) is 3.56. The quantitative estimate of drug-likeness (QED) is 0.507. The second kappa shape index (κ2) is 5.82. The third-order valence-electron chi connectivity index (χ3n) is 4.95. The van der Waals surface area contributed by atoms with Crippen LogP contribution in [-0.2, 0) is 0 Å². The molecule has 1 aromatic carbocycles. The number of pyridine rings is 2. The number of fused-ring (bicyclic) bond motifs is 3. The van der Waals surface area contributed by atoms with Gasteiger partial charge in [0.05, 0.1) is 22.2 Å². The largest absolute Gasteiger partial charge is 0.277 e. The maximum absolute atomic E-state index is 12.8. The molecule has 4 aromatic rings. The van der Waals surface area contributed by atoms with Crippen LogP contribution in [0.4, 0.5) is 0 Å². The molecular formula is C21H15N5O2. The van der Waals surface area contributed by atoms with Gasteiger partial charge in [-0.25, -0.2) is 9.67 Å². The fraction of sp³-hybridized carbons (Fsp3) is 0.0952. The van der Waals surface area contributed by atoms with Crippen molar-refractivity contribution in [2.75, 3.05) is 7.05 Å². The highest BCUT2D eigenvalue weighted by molar-refractivity contribution is 6.27. The molecule has 5 rings (SSSR count). The van der Waals surface area contributed by atoms with Crippen molar-refractivity contribution in [1.82, 2.24) is 24.6 Å². The van der Waals surface area contributed by atoms with E-state index in [1.165, 1.54) is 13.2 Å². The summed E-state index contributed by atoms with van der Waals surface area (Å²) in [6.45, 7) is 2.00. The van der Waals surface area contributed by atoms with Gasteiger partial charge in [-0.1, -0.05) is 12.1 Å². The third-order valence-corrected chi connectivity index (χ3v) is 4.95. The molecule has 0 spiro atoms. The Labute approximate surface area is 160 Å². The highest BCUT2D eigenvalue weighted by Gasteiger charge is 2.37. The van der Waals surface area contributed by atoms with Crippen molar-refractivity contribution in [2.45, 2.75) is 6.92 Å². The average molecular weight is 369 g/mol. The number of amides is 2. The number of aromatic nitrogens is 4. The predicted octanol–water partition coefficient (Wildman–Crippen LogP) is 3.02. The lowest BCUT2D eigenvalue weighted by Crippen LogP contribution is -2.24. The van der Waals surface area contributed by atoms with Crippen LogP contribution in [-0.4, -0.2) is 43.5 Å². The van der Waals surface area contributed by atoms with E-state index >= 15 is 0 Å². The van der Waals surface area contributed by atoms with E-state index in [-0.39, 0.29) is 11.8 Å². The summed E-state index contributed by atoms with van der Waals surface area (Å²) < 4.78 is 1.72. The molecule has 0 saturated carbocycles. The van der Waals surface area contributed by atoms with Gasteiger partial charge in [0.2, 0.25) is 0 Å². The minimum Gasteiger partial charge on any atom is -0.277 e. The van der Waals surface area contributed by atoms with Crippen LogP contribution in [0.5, 0.6) is 0 Å². The van der Waals surface area contributed by atoms with Gasteiger partial charge in [-0.2, -0.15) is 5.10 Å². The highest BCUT2D eigenvalue weighted by atomic mass is 16.2. The van der Waals surface area contributed by atoms with Gasteiger partial charge in [-0.15, -0.1) is 0 Å². The van der Waals surface area contributed by atoms with Crippen molar-refractivity contribution in [2.24, 2.45) is 0 Å². The van der Waals surface area contributed by atoms with Crippen molar-refractivity contribution in [1.29, 1.82) is 0 Å². The van der Waals surface area contributed by atoms with Crippen LogP contribution < -0.4 is 0 Å². The average Bonchev–Trinajstić information content (AvgIpc) is 3.21. The van der Waals surface area contributed by atoms with E-state index < -0.39 is 0 Å². The summed E-state index contributed by atoms with van der Waals surface area (Å²) in [5.74, 6) is -0.690. The predicted molar refractivity (Wildman–Crippen MR) is 103 cm³/mol. The molecule has 4 heterocycles. The van der Waals surface area contributed by atoms with Gasteiger partial charge in [-0.05, 0) is 36.8 Å². The van der Waals surface area contributed by atoms with Crippen LogP contribution in [0.1, 0.15) is 26.3 Å². The normalized spacial score (nSPS) is 13.4. The number of aryl methyl sites for hydroxylation is 1. The minimum atomic E-state index is -0.349. The summed E-state index contributed by atoms with van der Waals surface area (Å²) in [4.78, 5) is 35.0. The SMILES string of the molecule is Cc1cccc(-n2nc(-c3ccncc3)c3c4c(cnc32)C(=O)N(C)C4=O)c1. The maximum Gasteiger partial charge on any atom is 0.262 e. The van der Waals surface area contributed by atoms with Gasteiger partial charge in [0, 0.05) is 31.2 Å². The molecule has 2 amide bonds. The van der Waals surface area contributed by atoms with Crippen molar-refractivity contribution in [3.05, 3.63) is 71.7 Å². The minimum absolute atomic E-state index is 0.305. The van der Waals surface area contributed by atoms with E-state index in [2.05, 4.69) is 9.97 Å². The molecule has 0 N–H and O–H groups in total. The first-order chi connectivity index (χ1) is 13.6. The zero-order valence-electron chi connectivity index (χ0n) is 15.2. The zero-order valence-corrected chi connectivity index (χ0v) is 15.2. The number of nitrogens with zero attached hydrogens (tertiary/aromatic N) is 5. The summed E-state index contributed by atoms with van der Waals surface area (Å²) in [5, 5.41) is 5.35. The molecule has 7 nitrogen and oxygen atoms in total. The van der Waals surface area contributed by atoms with Gasteiger partial charge in [0.25, 0.3) is 11.8 Å². The molecule has 0 aliphatic carbocycles. The Morgan fingerprint density at radius 3 is 2.54 bits per heavy atom. The summed E-state index contributed by atoms with van der Waals surface area (Å²) in [7, 11) is 1.48. The van der Waals surface area contributed by atoms with E-state index in [0.717, 1.165) is 21.7 Å². The Balaban J connectivity index is 1.91. The second-order valence-corrected chi connectivity index (χ2v) is 6.75. The molecule has 0 saturated heterocycles.